The minimum Gasteiger partial charge on any atom is -0.296 e. The summed E-state index contributed by atoms with van der Waals surface area (Å²) in [6, 6.07) is 0.0826. The molecule has 4 nitrogen and oxygen atoms in total. The predicted molar refractivity (Wildman–Crippen MR) is 69.2 cm³/mol. The third-order valence-corrected chi connectivity index (χ3v) is 2.56. The maximum atomic E-state index is 5.48. The molecule has 1 heterocycles. The second kappa shape index (κ2) is 6.41. The fourth-order valence-corrected chi connectivity index (χ4v) is 1.61. The number of nitrogens with zero attached hydrogens (tertiary/aromatic N) is 3. The van der Waals surface area contributed by atoms with Gasteiger partial charge in [-0.1, -0.05) is 33.6 Å². The van der Waals surface area contributed by atoms with Crippen LogP contribution in [0.25, 0.3) is 0 Å². The fraction of sp³-hybridized carbons (Fsp3) is 0.692. The van der Waals surface area contributed by atoms with Crippen LogP contribution in [0.4, 0.5) is 0 Å². The Morgan fingerprint density at radius 2 is 2.12 bits per heavy atom. The first kappa shape index (κ1) is 13.7. The van der Waals surface area contributed by atoms with Crippen molar-refractivity contribution in [3.8, 4) is 12.3 Å². The Balaban J connectivity index is 2.57. The second-order valence-corrected chi connectivity index (χ2v) is 5.02. The van der Waals surface area contributed by atoms with Gasteiger partial charge in [0.2, 0.25) is 0 Å². The molecule has 0 aliphatic carbocycles. The molecule has 0 aromatic carbocycles. The first-order valence-corrected chi connectivity index (χ1v) is 6.10. The largest absolute Gasteiger partial charge is 0.296 e. The van der Waals surface area contributed by atoms with E-state index in [2.05, 4.69) is 49.0 Å². The SMILES string of the molecule is C#CC(NCc1ncnn1CC(C)C)C(C)C. The average molecular weight is 234 g/mol. The first-order chi connectivity index (χ1) is 8.04. The molecular formula is C13H22N4. The topological polar surface area (TPSA) is 42.7 Å². The molecule has 1 unspecified atom stereocenters. The summed E-state index contributed by atoms with van der Waals surface area (Å²) in [6.45, 7) is 10.1. The van der Waals surface area contributed by atoms with Crippen molar-refractivity contribution in [2.45, 2.75) is 46.8 Å². The Labute approximate surface area is 104 Å². The molecule has 0 fully saturated rings. The van der Waals surface area contributed by atoms with Crippen LogP contribution in [0.2, 0.25) is 0 Å². The summed E-state index contributed by atoms with van der Waals surface area (Å²) in [5, 5.41) is 7.54. The first-order valence-electron chi connectivity index (χ1n) is 6.10. The Morgan fingerprint density at radius 1 is 1.41 bits per heavy atom. The molecule has 1 aromatic rings. The molecule has 0 amide bonds. The van der Waals surface area contributed by atoms with Gasteiger partial charge in [-0.2, -0.15) is 5.10 Å². The van der Waals surface area contributed by atoms with E-state index >= 15 is 0 Å². The number of hydrogen-bond donors (Lipinski definition) is 1. The summed E-state index contributed by atoms with van der Waals surface area (Å²) in [6.07, 6.45) is 7.07. The van der Waals surface area contributed by atoms with Gasteiger partial charge in [0, 0.05) is 6.54 Å². The normalized spacial score (nSPS) is 13.0. The van der Waals surface area contributed by atoms with E-state index < -0.39 is 0 Å². The minimum atomic E-state index is 0.0826. The van der Waals surface area contributed by atoms with Crippen molar-refractivity contribution in [2.75, 3.05) is 0 Å². The Morgan fingerprint density at radius 3 is 2.65 bits per heavy atom. The summed E-state index contributed by atoms with van der Waals surface area (Å²) >= 11 is 0. The van der Waals surface area contributed by atoms with Crippen LogP contribution in [0.3, 0.4) is 0 Å². The van der Waals surface area contributed by atoms with Crippen LogP contribution in [0.15, 0.2) is 6.33 Å². The molecule has 0 saturated heterocycles. The van der Waals surface area contributed by atoms with Crippen molar-refractivity contribution in [2.24, 2.45) is 11.8 Å². The highest BCUT2D eigenvalue weighted by molar-refractivity contribution is 5.01. The second-order valence-electron chi connectivity index (χ2n) is 5.02. The molecule has 1 N–H and O–H groups in total. The van der Waals surface area contributed by atoms with E-state index in [0.29, 0.717) is 18.4 Å². The predicted octanol–water partition coefficient (Wildman–Crippen LogP) is 1.68. The lowest BCUT2D eigenvalue weighted by Gasteiger charge is -2.16. The molecule has 0 radical (unpaired) electrons. The maximum Gasteiger partial charge on any atom is 0.140 e. The van der Waals surface area contributed by atoms with Gasteiger partial charge in [-0.3, -0.25) is 5.32 Å². The van der Waals surface area contributed by atoms with Crippen LogP contribution < -0.4 is 5.32 Å². The zero-order valence-electron chi connectivity index (χ0n) is 11.1. The zero-order valence-corrected chi connectivity index (χ0v) is 11.1. The lowest BCUT2D eigenvalue weighted by atomic mass is 10.1. The fourth-order valence-electron chi connectivity index (χ4n) is 1.61. The molecule has 94 valence electrons. The van der Waals surface area contributed by atoms with Gasteiger partial charge in [0.1, 0.15) is 12.2 Å². The highest BCUT2D eigenvalue weighted by Gasteiger charge is 2.11. The third-order valence-electron chi connectivity index (χ3n) is 2.56. The molecule has 0 saturated carbocycles. The number of terminal acetylenes is 1. The lowest BCUT2D eigenvalue weighted by molar-refractivity contribution is 0.431. The van der Waals surface area contributed by atoms with Gasteiger partial charge in [0.15, 0.2) is 0 Å². The van der Waals surface area contributed by atoms with Crippen molar-refractivity contribution in [1.29, 1.82) is 0 Å². The Hall–Kier alpha value is -1.34. The number of nitrogens with one attached hydrogen (secondary N) is 1. The van der Waals surface area contributed by atoms with Gasteiger partial charge >= 0.3 is 0 Å². The molecule has 1 rings (SSSR count). The van der Waals surface area contributed by atoms with E-state index in [0.717, 1.165) is 12.4 Å². The van der Waals surface area contributed by atoms with Crippen molar-refractivity contribution >= 4 is 0 Å². The standard InChI is InChI=1S/C13H22N4/c1-6-12(11(4)5)14-7-13-15-9-16-17(13)8-10(2)3/h1,9-12,14H,7-8H2,2-5H3. The highest BCUT2D eigenvalue weighted by Crippen LogP contribution is 2.04. The smallest absolute Gasteiger partial charge is 0.140 e. The molecule has 1 atom stereocenters. The summed E-state index contributed by atoms with van der Waals surface area (Å²) in [4.78, 5) is 4.26. The van der Waals surface area contributed by atoms with Gasteiger partial charge in [-0.25, -0.2) is 9.67 Å². The van der Waals surface area contributed by atoms with Crippen LogP contribution in [-0.2, 0) is 13.1 Å². The van der Waals surface area contributed by atoms with E-state index in [1.54, 1.807) is 6.33 Å². The van der Waals surface area contributed by atoms with Crippen LogP contribution in [0.5, 0.6) is 0 Å². The molecule has 17 heavy (non-hydrogen) atoms. The minimum absolute atomic E-state index is 0.0826. The summed E-state index contributed by atoms with van der Waals surface area (Å²) in [7, 11) is 0. The molecular weight excluding hydrogens is 212 g/mol. The summed E-state index contributed by atoms with van der Waals surface area (Å²) < 4.78 is 1.94. The monoisotopic (exact) mass is 234 g/mol. The van der Waals surface area contributed by atoms with Crippen LogP contribution in [0, 0.1) is 24.2 Å². The van der Waals surface area contributed by atoms with Crippen molar-refractivity contribution in [3.05, 3.63) is 12.2 Å². The molecule has 0 spiro atoms. The number of hydrogen-bond acceptors (Lipinski definition) is 3. The average Bonchev–Trinajstić information content (AvgIpc) is 2.65. The zero-order chi connectivity index (χ0) is 12.8. The third kappa shape index (κ3) is 4.20. The quantitative estimate of drug-likeness (QED) is 0.762. The van der Waals surface area contributed by atoms with Crippen LogP contribution in [0.1, 0.15) is 33.5 Å². The van der Waals surface area contributed by atoms with Crippen LogP contribution in [-0.4, -0.2) is 20.8 Å². The molecule has 4 heteroatoms. The van der Waals surface area contributed by atoms with Gasteiger partial charge in [-0.05, 0) is 11.8 Å². The van der Waals surface area contributed by atoms with E-state index in [-0.39, 0.29) is 6.04 Å². The molecule has 0 aliphatic rings. The van der Waals surface area contributed by atoms with E-state index in [1.807, 2.05) is 4.68 Å². The molecule has 0 bridgehead atoms. The lowest BCUT2D eigenvalue weighted by Crippen LogP contribution is -2.33. The molecule has 0 aliphatic heterocycles. The van der Waals surface area contributed by atoms with Crippen molar-refractivity contribution in [1.82, 2.24) is 20.1 Å². The molecule has 1 aromatic heterocycles. The summed E-state index contributed by atoms with van der Waals surface area (Å²) in [5.74, 6) is 4.68. The van der Waals surface area contributed by atoms with Crippen LogP contribution >= 0.6 is 0 Å². The Kier molecular flexibility index (Phi) is 5.17. The van der Waals surface area contributed by atoms with Gasteiger partial charge in [0.05, 0.1) is 12.6 Å². The highest BCUT2D eigenvalue weighted by atomic mass is 15.3. The van der Waals surface area contributed by atoms with Crippen molar-refractivity contribution in [3.63, 3.8) is 0 Å². The van der Waals surface area contributed by atoms with E-state index in [1.165, 1.54) is 0 Å². The van der Waals surface area contributed by atoms with E-state index in [9.17, 15) is 0 Å². The van der Waals surface area contributed by atoms with E-state index in [4.69, 9.17) is 6.42 Å². The van der Waals surface area contributed by atoms with Gasteiger partial charge in [-0.15, -0.1) is 6.42 Å². The number of rotatable bonds is 6. The van der Waals surface area contributed by atoms with Gasteiger partial charge < -0.3 is 0 Å². The number of aromatic nitrogens is 3. The Bertz CT molecular complexity index is 373. The summed E-state index contributed by atoms with van der Waals surface area (Å²) in [5.41, 5.74) is 0. The van der Waals surface area contributed by atoms with Crippen molar-refractivity contribution < 1.29 is 0 Å². The maximum absolute atomic E-state index is 5.48. The van der Waals surface area contributed by atoms with Gasteiger partial charge in [0.25, 0.3) is 0 Å².